The molecular formula is C15H25N5O4S. The van der Waals surface area contributed by atoms with Gasteiger partial charge in [0.25, 0.3) is 0 Å². The average molecular weight is 371 g/mol. The molecule has 3 N–H and O–H groups in total. The Balaban J connectivity index is 2.54. The number of nitrogens with zero attached hydrogens (tertiary/aromatic N) is 3. The number of anilines is 1. The van der Waals surface area contributed by atoms with E-state index in [1.165, 1.54) is 30.2 Å². The molecule has 0 bridgehead atoms. The fourth-order valence-electron chi connectivity index (χ4n) is 1.90. The minimum atomic E-state index is -0.969. The molecule has 10 heteroatoms. The van der Waals surface area contributed by atoms with Crippen molar-refractivity contribution in [1.29, 1.82) is 0 Å². The number of hydrogen-bond acceptors (Lipinski definition) is 6. The van der Waals surface area contributed by atoms with E-state index in [-0.39, 0.29) is 12.5 Å². The van der Waals surface area contributed by atoms with Crippen LogP contribution >= 0.6 is 11.3 Å². The second-order valence-corrected chi connectivity index (χ2v) is 7.05. The second kappa shape index (κ2) is 9.30. The summed E-state index contributed by atoms with van der Waals surface area (Å²) >= 11 is 1.31. The maximum Gasteiger partial charge on any atom is 0.317 e. The molecule has 0 aromatic carbocycles. The van der Waals surface area contributed by atoms with Crippen molar-refractivity contribution in [2.24, 2.45) is 11.8 Å². The third kappa shape index (κ3) is 6.29. The van der Waals surface area contributed by atoms with Gasteiger partial charge in [-0.15, -0.1) is 10.2 Å². The summed E-state index contributed by atoms with van der Waals surface area (Å²) < 4.78 is 0. The van der Waals surface area contributed by atoms with Crippen LogP contribution in [0.3, 0.4) is 0 Å². The van der Waals surface area contributed by atoms with Gasteiger partial charge in [0.2, 0.25) is 11.0 Å². The number of carbonyl (C=O) groups is 3. The molecule has 1 aromatic rings. The van der Waals surface area contributed by atoms with Crippen LogP contribution in [-0.4, -0.2) is 57.7 Å². The van der Waals surface area contributed by atoms with Gasteiger partial charge in [-0.25, -0.2) is 4.79 Å². The molecule has 0 aliphatic heterocycles. The maximum atomic E-state index is 12.3. The summed E-state index contributed by atoms with van der Waals surface area (Å²) in [7, 11) is 1.51. The molecule has 0 saturated heterocycles. The predicted octanol–water partition coefficient (Wildman–Crippen LogP) is 1.43. The number of nitrogens with one attached hydrogen (secondary N) is 2. The second-order valence-electron chi connectivity index (χ2n) is 5.99. The average Bonchev–Trinajstić information content (AvgIpc) is 3.01. The normalized spacial score (nSPS) is 14.3. The van der Waals surface area contributed by atoms with Crippen molar-refractivity contribution < 1.29 is 19.5 Å². The Labute approximate surface area is 150 Å². The van der Waals surface area contributed by atoms with Crippen molar-refractivity contribution in [2.75, 3.05) is 18.9 Å². The lowest BCUT2D eigenvalue weighted by molar-refractivity contribution is -0.141. The number of rotatable bonds is 8. The first-order valence-electron chi connectivity index (χ1n) is 8.03. The number of aryl methyl sites for hydroxylation is 1. The number of urea groups is 1. The number of aromatic nitrogens is 2. The van der Waals surface area contributed by atoms with Gasteiger partial charge in [0, 0.05) is 19.6 Å². The highest BCUT2D eigenvalue weighted by atomic mass is 32.1. The largest absolute Gasteiger partial charge is 0.481 e. The van der Waals surface area contributed by atoms with E-state index in [0.717, 1.165) is 11.4 Å². The number of amides is 3. The van der Waals surface area contributed by atoms with Gasteiger partial charge < -0.3 is 20.6 Å². The molecule has 140 valence electrons. The Morgan fingerprint density at radius 2 is 1.88 bits per heavy atom. The third-order valence-corrected chi connectivity index (χ3v) is 4.81. The smallest absolute Gasteiger partial charge is 0.317 e. The molecule has 0 radical (unpaired) electrons. The number of carbonyl (C=O) groups excluding carboxylic acids is 2. The molecule has 25 heavy (non-hydrogen) atoms. The Morgan fingerprint density at radius 3 is 2.40 bits per heavy atom. The quantitative estimate of drug-likeness (QED) is 0.635. The molecule has 3 atom stereocenters. The molecule has 0 spiro atoms. The van der Waals surface area contributed by atoms with Gasteiger partial charge in [0.1, 0.15) is 5.01 Å². The van der Waals surface area contributed by atoms with Gasteiger partial charge in [0.05, 0.1) is 11.8 Å². The first-order chi connectivity index (χ1) is 11.6. The van der Waals surface area contributed by atoms with Crippen molar-refractivity contribution in [2.45, 2.75) is 40.2 Å². The van der Waals surface area contributed by atoms with Gasteiger partial charge in [-0.3, -0.25) is 9.59 Å². The minimum absolute atomic E-state index is 0.0824. The van der Waals surface area contributed by atoms with Crippen molar-refractivity contribution in [3.63, 3.8) is 0 Å². The van der Waals surface area contributed by atoms with E-state index in [1.54, 1.807) is 13.8 Å². The van der Waals surface area contributed by atoms with Crippen LogP contribution in [0.2, 0.25) is 0 Å². The zero-order valence-corrected chi connectivity index (χ0v) is 15.9. The van der Waals surface area contributed by atoms with Gasteiger partial charge >= 0.3 is 12.0 Å². The van der Waals surface area contributed by atoms with E-state index in [0.29, 0.717) is 5.13 Å². The van der Waals surface area contributed by atoms with E-state index in [4.69, 9.17) is 5.11 Å². The fraction of sp³-hybridized carbons (Fsp3) is 0.667. The molecule has 3 unspecified atom stereocenters. The van der Waals surface area contributed by atoms with E-state index in [1.807, 2.05) is 6.92 Å². The molecule has 0 fully saturated rings. The lowest BCUT2D eigenvalue weighted by atomic mass is 10.0. The van der Waals surface area contributed by atoms with Crippen LogP contribution in [0.15, 0.2) is 0 Å². The van der Waals surface area contributed by atoms with Gasteiger partial charge in [-0.2, -0.15) is 0 Å². The zero-order valence-electron chi connectivity index (χ0n) is 15.1. The fourth-order valence-corrected chi connectivity index (χ4v) is 2.58. The van der Waals surface area contributed by atoms with E-state index in [2.05, 4.69) is 20.8 Å². The third-order valence-electron chi connectivity index (χ3n) is 3.83. The molecule has 0 saturated carbocycles. The number of aliphatic carboxylic acids is 1. The van der Waals surface area contributed by atoms with Crippen molar-refractivity contribution in [3.8, 4) is 0 Å². The summed E-state index contributed by atoms with van der Waals surface area (Å²) in [4.78, 5) is 36.5. The lowest BCUT2D eigenvalue weighted by Gasteiger charge is -2.25. The maximum absolute atomic E-state index is 12.3. The van der Waals surface area contributed by atoms with Crippen molar-refractivity contribution >= 4 is 34.4 Å². The summed E-state index contributed by atoms with van der Waals surface area (Å²) in [5.41, 5.74) is 0. The highest BCUT2D eigenvalue weighted by Crippen LogP contribution is 2.17. The number of hydrogen-bond donors (Lipinski definition) is 3. The van der Waals surface area contributed by atoms with Crippen LogP contribution in [0, 0.1) is 11.8 Å². The Bertz CT molecular complexity index is 621. The molecule has 1 rings (SSSR count). The monoisotopic (exact) mass is 371 g/mol. The number of carboxylic acids is 1. The first kappa shape index (κ1) is 20.8. The molecule has 1 aromatic heterocycles. The minimum Gasteiger partial charge on any atom is -0.481 e. The molecule has 0 aliphatic carbocycles. The van der Waals surface area contributed by atoms with Crippen LogP contribution < -0.4 is 10.6 Å². The first-order valence-corrected chi connectivity index (χ1v) is 8.85. The lowest BCUT2D eigenvalue weighted by Crippen LogP contribution is -2.48. The van der Waals surface area contributed by atoms with Crippen molar-refractivity contribution in [3.05, 3.63) is 5.01 Å². The van der Waals surface area contributed by atoms with Crippen LogP contribution in [0.1, 0.15) is 32.7 Å². The highest BCUT2D eigenvalue weighted by Gasteiger charge is 2.25. The molecular weight excluding hydrogens is 346 g/mol. The van der Waals surface area contributed by atoms with Crippen LogP contribution in [0.4, 0.5) is 9.93 Å². The van der Waals surface area contributed by atoms with Gasteiger partial charge in [-0.05, 0) is 13.3 Å². The Hall–Kier alpha value is -2.23. The predicted molar refractivity (Wildman–Crippen MR) is 94.5 cm³/mol. The Kier molecular flexibility index (Phi) is 7.75. The van der Waals surface area contributed by atoms with Crippen LogP contribution in [0.25, 0.3) is 0 Å². The van der Waals surface area contributed by atoms with E-state index in [9.17, 15) is 14.4 Å². The summed E-state index contributed by atoms with van der Waals surface area (Å²) in [6.07, 6.45) is 0.747. The van der Waals surface area contributed by atoms with Gasteiger partial charge in [0.15, 0.2) is 0 Å². The zero-order chi connectivity index (χ0) is 19.1. The highest BCUT2D eigenvalue weighted by molar-refractivity contribution is 7.15. The standard InChI is InChI=1S/C15H25N5O4S/c1-6-11-18-19-14(25-11)17-12(21)9(3)10(4)16-15(24)20(5)7-8(2)13(22)23/h8-10H,6-7H2,1-5H3,(H,16,24)(H,22,23)(H,17,19,21). The van der Waals surface area contributed by atoms with Crippen LogP contribution in [0.5, 0.6) is 0 Å². The summed E-state index contributed by atoms with van der Waals surface area (Å²) in [6.45, 7) is 6.97. The molecule has 3 amide bonds. The number of carboxylic acid groups (broad SMARTS) is 1. The summed E-state index contributed by atoms with van der Waals surface area (Å²) in [6, 6.07) is -0.863. The SMILES string of the molecule is CCc1nnc(NC(=O)C(C)C(C)NC(=O)N(C)CC(C)C(=O)O)s1. The molecule has 1 heterocycles. The Morgan fingerprint density at radius 1 is 1.24 bits per heavy atom. The topological polar surface area (TPSA) is 125 Å². The molecule has 9 nitrogen and oxygen atoms in total. The molecule has 0 aliphatic rings. The van der Waals surface area contributed by atoms with Crippen LogP contribution in [-0.2, 0) is 16.0 Å². The van der Waals surface area contributed by atoms with E-state index < -0.39 is 29.9 Å². The summed E-state index contributed by atoms with van der Waals surface area (Å²) in [5.74, 6) is -2.41. The van der Waals surface area contributed by atoms with Gasteiger partial charge in [-0.1, -0.05) is 32.1 Å². The van der Waals surface area contributed by atoms with Crippen molar-refractivity contribution in [1.82, 2.24) is 20.4 Å². The van der Waals surface area contributed by atoms with E-state index >= 15 is 0 Å². The summed E-state index contributed by atoms with van der Waals surface area (Å²) in [5, 5.41) is 23.4.